The molecule has 0 aromatic carbocycles. The molecule has 0 aromatic rings. The molecule has 0 atom stereocenters. The minimum atomic E-state index is -2.21. The van der Waals surface area contributed by atoms with Crippen molar-refractivity contribution in [3.8, 4) is 0 Å². The Labute approximate surface area is 134 Å². The lowest BCUT2D eigenvalue weighted by atomic mass is 9.95. The van der Waals surface area contributed by atoms with E-state index in [1.807, 2.05) is 6.92 Å². The molecule has 0 aliphatic heterocycles. The van der Waals surface area contributed by atoms with E-state index in [0.717, 1.165) is 27.8 Å². The Morgan fingerprint density at radius 3 is 1.78 bits per heavy atom. The summed E-state index contributed by atoms with van der Waals surface area (Å²) in [6.07, 6.45) is -1.26. The van der Waals surface area contributed by atoms with Crippen LogP contribution < -0.4 is 0 Å². The molecule has 0 radical (unpaired) electrons. The molecule has 0 saturated carbocycles. The van der Waals surface area contributed by atoms with Gasteiger partial charge in [0.25, 0.3) is 0 Å². The number of hydrogen-bond acceptors (Lipinski definition) is 9. The van der Waals surface area contributed by atoms with Crippen molar-refractivity contribution < 1.29 is 42.9 Å². The molecule has 0 saturated heterocycles. The number of carbonyl (C=O) groups excluding carboxylic acids is 4. The number of ether oxygens (including phenoxy) is 5. The van der Waals surface area contributed by atoms with Crippen molar-refractivity contribution in [2.24, 2.45) is 0 Å². The molecule has 0 heterocycles. The first kappa shape index (κ1) is 20.7. The Morgan fingerprint density at radius 2 is 1.39 bits per heavy atom. The smallest absolute Gasteiger partial charge is 0.469 e. The quantitative estimate of drug-likeness (QED) is 0.345. The minimum Gasteiger partial charge on any atom is -0.469 e. The molecular formula is C14H22O9. The molecule has 9 nitrogen and oxygen atoms in total. The highest BCUT2D eigenvalue weighted by atomic mass is 16.7. The van der Waals surface area contributed by atoms with Gasteiger partial charge in [-0.3, -0.25) is 9.59 Å². The molecule has 0 rings (SSSR count). The Balaban J connectivity index is 5.33. The molecule has 0 aliphatic carbocycles. The van der Waals surface area contributed by atoms with E-state index in [0.29, 0.717) is 6.42 Å². The average molecular weight is 334 g/mol. The maximum absolute atomic E-state index is 12.0. The largest absolute Gasteiger partial charge is 0.509 e. The molecular weight excluding hydrogens is 312 g/mol. The first-order chi connectivity index (χ1) is 10.8. The third-order valence-corrected chi connectivity index (χ3v) is 2.87. The maximum Gasteiger partial charge on any atom is 0.509 e. The van der Waals surface area contributed by atoms with Gasteiger partial charge in [-0.25, -0.2) is 9.59 Å². The topological polar surface area (TPSA) is 114 Å². The average Bonchev–Trinajstić information content (AvgIpc) is 2.53. The molecule has 0 unspecified atom stereocenters. The second-order valence-corrected chi connectivity index (χ2v) is 4.55. The second-order valence-electron chi connectivity index (χ2n) is 4.55. The SMILES string of the molecule is CCCCOC(=O)OC(CC(=O)OC)(CC(=O)OC)C(=O)OC. The number of unbranched alkanes of at least 4 members (excludes halogenated alkanes) is 1. The molecule has 9 heteroatoms. The van der Waals surface area contributed by atoms with Gasteiger partial charge in [0.15, 0.2) is 0 Å². The predicted octanol–water partition coefficient (Wildman–Crippen LogP) is 0.978. The lowest BCUT2D eigenvalue weighted by molar-refractivity contribution is -0.177. The lowest BCUT2D eigenvalue weighted by Crippen LogP contribution is -2.48. The van der Waals surface area contributed by atoms with Crippen molar-refractivity contribution in [1.82, 2.24) is 0 Å². The Kier molecular flexibility index (Phi) is 9.36. The fourth-order valence-corrected chi connectivity index (χ4v) is 1.61. The van der Waals surface area contributed by atoms with Crippen molar-refractivity contribution in [3.63, 3.8) is 0 Å². The molecule has 0 fully saturated rings. The van der Waals surface area contributed by atoms with Crippen molar-refractivity contribution in [1.29, 1.82) is 0 Å². The van der Waals surface area contributed by atoms with Crippen LogP contribution in [0.4, 0.5) is 4.79 Å². The summed E-state index contributed by atoms with van der Waals surface area (Å²) in [6.45, 7) is 1.96. The molecule has 0 amide bonds. The highest BCUT2D eigenvalue weighted by Gasteiger charge is 2.49. The summed E-state index contributed by atoms with van der Waals surface area (Å²) in [5.41, 5.74) is -2.21. The monoisotopic (exact) mass is 334 g/mol. The van der Waals surface area contributed by atoms with Crippen LogP contribution in [-0.2, 0) is 38.1 Å². The highest BCUT2D eigenvalue weighted by Crippen LogP contribution is 2.25. The Hall–Kier alpha value is -2.32. The number of rotatable bonds is 9. The van der Waals surface area contributed by atoms with Gasteiger partial charge in [-0.15, -0.1) is 0 Å². The molecule has 132 valence electrons. The van der Waals surface area contributed by atoms with Crippen LogP contribution in [0.25, 0.3) is 0 Å². The summed E-state index contributed by atoms with van der Waals surface area (Å²) < 4.78 is 23.2. The van der Waals surface area contributed by atoms with Gasteiger partial charge in [0.1, 0.15) is 0 Å². The Bertz CT molecular complexity index is 412. The molecule has 0 N–H and O–H groups in total. The molecule has 23 heavy (non-hydrogen) atoms. The van der Waals surface area contributed by atoms with E-state index >= 15 is 0 Å². The second kappa shape index (κ2) is 10.4. The van der Waals surface area contributed by atoms with E-state index in [1.54, 1.807) is 0 Å². The molecule has 0 aromatic heterocycles. The van der Waals surface area contributed by atoms with Gasteiger partial charge in [0.05, 0.1) is 40.8 Å². The van der Waals surface area contributed by atoms with E-state index in [-0.39, 0.29) is 6.61 Å². The van der Waals surface area contributed by atoms with Crippen LogP contribution in [0.3, 0.4) is 0 Å². The fourth-order valence-electron chi connectivity index (χ4n) is 1.61. The van der Waals surface area contributed by atoms with Gasteiger partial charge in [0, 0.05) is 0 Å². The van der Waals surface area contributed by atoms with Gasteiger partial charge in [-0.05, 0) is 6.42 Å². The van der Waals surface area contributed by atoms with E-state index in [2.05, 4.69) is 14.2 Å². The zero-order valence-electron chi connectivity index (χ0n) is 13.7. The fraction of sp³-hybridized carbons (Fsp3) is 0.714. The van der Waals surface area contributed by atoms with Crippen LogP contribution >= 0.6 is 0 Å². The van der Waals surface area contributed by atoms with E-state index in [9.17, 15) is 19.2 Å². The Morgan fingerprint density at radius 1 is 0.870 bits per heavy atom. The van der Waals surface area contributed by atoms with Gasteiger partial charge in [-0.2, -0.15) is 0 Å². The van der Waals surface area contributed by atoms with Crippen LogP contribution in [0.2, 0.25) is 0 Å². The van der Waals surface area contributed by atoms with Crippen molar-refractivity contribution in [2.45, 2.75) is 38.2 Å². The third-order valence-electron chi connectivity index (χ3n) is 2.87. The van der Waals surface area contributed by atoms with Gasteiger partial charge in [-0.1, -0.05) is 13.3 Å². The van der Waals surface area contributed by atoms with Crippen LogP contribution in [0.5, 0.6) is 0 Å². The summed E-state index contributed by atoms with van der Waals surface area (Å²) in [7, 11) is 3.20. The number of carbonyl (C=O) groups is 4. The predicted molar refractivity (Wildman–Crippen MR) is 75.4 cm³/mol. The lowest BCUT2D eigenvalue weighted by Gasteiger charge is -2.28. The van der Waals surface area contributed by atoms with Gasteiger partial charge < -0.3 is 23.7 Å². The molecule has 0 aliphatic rings. The standard InChI is InChI=1S/C14H22O9/c1-5-6-7-22-13(18)23-14(12(17)21-4,8-10(15)19-2)9-11(16)20-3/h5-9H2,1-4H3. The zero-order valence-corrected chi connectivity index (χ0v) is 13.7. The summed E-state index contributed by atoms with van der Waals surface area (Å²) in [5, 5.41) is 0. The zero-order chi connectivity index (χ0) is 17.9. The van der Waals surface area contributed by atoms with Crippen LogP contribution in [0.1, 0.15) is 32.6 Å². The minimum absolute atomic E-state index is 0.0725. The van der Waals surface area contributed by atoms with E-state index in [4.69, 9.17) is 9.47 Å². The highest BCUT2D eigenvalue weighted by molar-refractivity contribution is 5.91. The first-order valence-corrected chi connectivity index (χ1v) is 6.93. The maximum atomic E-state index is 12.0. The normalized spacial score (nSPS) is 10.4. The molecule has 0 bridgehead atoms. The summed E-state index contributed by atoms with van der Waals surface area (Å²) in [5.74, 6) is -2.85. The van der Waals surface area contributed by atoms with Gasteiger partial charge >= 0.3 is 24.1 Å². The number of hydrogen-bond donors (Lipinski definition) is 0. The van der Waals surface area contributed by atoms with Crippen molar-refractivity contribution in [3.05, 3.63) is 0 Å². The summed E-state index contributed by atoms with van der Waals surface area (Å²) in [6, 6.07) is 0. The summed E-state index contributed by atoms with van der Waals surface area (Å²) >= 11 is 0. The third kappa shape index (κ3) is 6.98. The molecule has 0 spiro atoms. The number of esters is 3. The summed E-state index contributed by atoms with van der Waals surface area (Å²) in [4.78, 5) is 46.9. The van der Waals surface area contributed by atoms with E-state index in [1.165, 1.54) is 0 Å². The van der Waals surface area contributed by atoms with Crippen LogP contribution in [0.15, 0.2) is 0 Å². The van der Waals surface area contributed by atoms with Gasteiger partial charge in [0.2, 0.25) is 5.60 Å². The first-order valence-electron chi connectivity index (χ1n) is 6.93. The van der Waals surface area contributed by atoms with E-state index < -0.39 is 42.5 Å². The van der Waals surface area contributed by atoms with Crippen LogP contribution in [-0.4, -0.2) is 57.6 Å². The van der Waals surface area contributed by atoms with Crippen molar-refractivity contribution in [2.75, 3.05) is 27.9 Å². The number of methoxy groups -OCH3 is 3. The van der Waals surface area contributed by atoms with Crippen molar-refractivity contribution >= 4 is 24.1 Å². The van der Waals surface area contributed by atoms with Crippen LogP contribution in [0, 0.1) is 0 Å².